The monoisotopic (exact) mass is 261 g/mol. The molecule has 17 heavy (non-hydrogen) atoms. The van der Waals surface area contributed by atoms with Gasteiger partial charge < -0.3 is 15.1 Å². The number of hydrogen-bond acceptors (Lipinski definition) is 3. The molecule has 0 aromatic heterocycles. The Morgan fingerprint density at radius 1 is 1.18 bits per heavy atom. The highest BCUT2D eigenvalue weighted by molar-refractivity contribution is 5.85. The first kappa shape index (κ1) is 15.2. The number of nitrogens with zero attached hydrogens (tertiary/aromatic N) is 2. The molecule has 4 heteroatoms. The molecule has 0 bridgehead atoms. The van der Waals surface area contributed by atoms with Crippen LogP contribution in [0.4, 0.5) is 0 Å². The maximum Gasteiger partial charge on any atom is 0.0254 e. The van der Waals surface area contributed by atoms with Crippen LogP contribution in [0.2, 0.25) is 0 Å². The van der Waals surface area contributed by atoms with E-state index in [4.69, 9.17) is 0 Å². The molecular weight excluding hydrogens is 234 g/mol. The van der Waals surface area contributed by atoms with Gasteiger partial charge in [-0.3, -0.25) is 0 Å². The van der Waals surface area contributed by atoms with Crippen molar-refractivity contribution in [1.29, 1.82) is 0 Å². The van der Waals surface area contributed by atoms with Crippen LogP contribution in [0.3, 0.4) is 0 Å². The van der Waals surface area contributed by atoms with E-state index in [1.54, 1.807) is 0 Å². The Hall–Kier alpha value is 0.170. The third-order valence-corrected chi connectivity index (χ3v) is 4.29. The number of hydrogen-bond donors (Lipinski definition) is 1. The Morgan fingerprint density at radius 3 is 2.35 bits per heavy atom. The molecule has 2 rings (SSSR count). The molecule has 0 spiro atoms. The largest absolute Gasteiger partial charge is 0.317 e. The summed E-state index contributed by atoms with van der Waals surface area (Å²) >= 11 is 0. The van der Waals surface area contributed by atoms with E-state index in [0.717, 1.165) is 17.9 Å². The van der Waals surface area contributed by atoms with Gasteiger partial charge >= 0.3 is 0 Å². The third-order valence-electron chi connectivity index (χ3n) is 4.29. The van der Waals surface area contributed by atoms with Crippen LogP contribution >= 0.6 is 12.4 Å². The third kappa shape index (κ3) is 4.09. The number of nitrogens with one attached hydrogen (secondary N) is 1. The van der Waals surface area contributed by atoms with Gasteiger partial charge in [0.25, 0.3) is 0 Å². The van der Waals surface area contributed by atoms with E-state index in [1.165, 1.54) is 45.6 Å². The Balaban J connectivity index is 0.00000144. The SMILES string of the molecule is CC1CN(CC2CCNCC2)CC1N(C)C.Cl. The van der Waals surface area contributed by atoms with Gasteiger partial charge in [-0.05, 0) is 51.9 Å². The van der Waals surface area contributed by atoms with E-state index in [2.05, 4.69) is 36.1 Å². The molecule has 2 fully saturated rings. The van der Waals surface area contributed by atoms with Gasteiger partial charge in [0.2, 0.25) is 0 Å². The molecule has 2 unspecified atom stereocenters. The van der Waals surface area contributed by atoms with Gasteiger partial charge in [-0.15, -0.1) is 12.4 Å². The maximum absolute atomic E-state index is 3.45. The summed E-state index contributed by atoms with van der Waals surface area (Å²) in [7, 11) is 4.43. The molecule has 2 aliphatic rings. The van der Waals surface area contributed by atoms with Crippen molar-refractivity contribution < 1.29 is 0 Å². The maximum atomic E-state index is 3.45. The van der Waals surface area contributed by atoms with Crippen LogP contribution in [0.15, 0.2) is 0 Å². The van der Waals surface area contributed by atoms with Crippen LogP contribution in [-0.2, 0) is 0 Å². The first-order chi connectivity index (χ1) is 7.66. The van der Waals surface area contributed by atoms with Gasteiger partial charge in [-0.1, -0.05) is 6.92 Å². The molecule has 2 heterocycles. The second kappa shape index (κ2) is 6.93. The zero-order chi connectivity index (χ0) is 11.5. The molecule has 1 N–H and O–H groups in total. The van der Waals surface area contributed by atoms with Crippen molar-refractivity contribution in [2.45, 2.75) is 25.8 Å². The predicted molar refractivity (Wildman–Crippen MR) is 75.9 cm³/mol. The quantitative estimate of drug-likeness (QED) is 0.826. The minimum absolute atomic E-state index is 0. The Kier molecular flexibility index (Phi) is 6.21. The Labute approximate surface area is 112 Å². The summed E-state index contributed by atoms with van der Waals surface area (Å²) in [6.45, 7) is 8.75. The average molecular weight is 262 g/mol. The molecule has 0 saturated carbocycles. The zero-order valence-corrected chi connectivity index (χ0v) is 12.3. The van der Waals surface area contributed by atoms with Crippen molar-refractivity contribution in [3.05, 3.63) is 0 Å². The summed E-state index contributed by atoms with van der Waals surface area (Å²) in [4.78, 5) is 5.08. The molecule has 0 radical (unpaired) electrons. The highest BCUT2D eigenvalue weighted by atomic mass is 35.5. The van der Waals surface area contributed by atoms with E-state index in [9.17, 15) is 0 Å². The molecule has 2 aliphatic heterocycles. The molecule has 2 atom stereocenters. The lowest BCUT2D eigenvalue weighted by Crippen LogP contribution is -2.37. The lowest BCUT2D eigenvalue weighted by molar-refractivity contribution is 0.219. The number of piperidine rings is 1. The van der Waals surface area contributed by atoms with E-state index in [0.29, 0.717) is 0 Å². The highest BCUT2D eigenvalue weighted by Gasteiger charge is 2.31. The van der Waals surface area contributed by atoms with Crippen LogP contribution in [0.5, 0.6) is 0 Å². The summed E-state index contributed by atoms with van der Waals surface area (Å²) in [6.07, 6.45) is 2.75. The number of rotatable bonds is 3. The van der Waals surface area contributed by atoms with Crippen molar-refractivity contribution in [3.63, 3.8) is 0 Å². The summed E-state index contributed by atoms with van der Waals surface area (Å²) in [5.41, 5.74) is 0. The molecular formula is C13H28ClN3. The van der Waals surface area contributed by atoms with Gasteiger partial charge in [-0.2, -0.15) is 0 Å². The summed E-state index contributed by atoms with van der Waals surface area (Å²) in [5, 5.41) is 3.45. The van der Waals surface area contributed by atoms with Gasteiger partial charge in [0.1, 0.15) is 0 Å². The predicted octanol–water partition coefficient (Wildman–Crippen LogP) is 1.29. The lowest BCUT2D eigenvalue weighted by atomic mass is 9.98. The second-order valence-electron chi connectivity index (χ2n) is 5.92. The molecule has 0 aromatic carbocycles. The van der Waals surface area contributed by atoms with Crippen molar-refractivity contribution in [1.82, 2.24) is 15.1 Å². The minimum atomic E-state index is 0. The van der Waals surface area contributed by atoms with E-state index < -0.39 is 0 Å². The second-order valence-corrected chi connectivity index (χ2v) is 5.92. The van der Waals surface area contributed by atoms with Gasteiger partial charge in [0.15, 0.2) is 0 Å². The minimum Gasteiger partial charge on any atom is -0.317 e. The highest BCUT2D eigenvalue weighted by Crippen LogP contribution is 2.23. The van der Waals surface area contributed by atoms with Crippen molar-refractivity contribution in [2.24, 2.45) is 11.8 Å². The summed E-state index contributed by atoms with van der Waals surface area (Å²) in [5.74, 6) is 1.77. The smallest absolute Gasteiger partial charge is 0.0254 e. The van der Waals surface area contributed by atoms with E-state index in [-0.39, 0.29) is 12.4 Å². The van der Waals surface area contributed by atoms with Crippen molar-refractivity contribution >= 4 is 12.4 Å². The zero-order valence-electron chi connectivity index (χ0n) is 11.5. The average Bonchev–Trinajstić information content (AvgIpc) is 2.61. The van der Waals surface area contributed by atoms with Crippen LogP contribution in [0.1, 0.15) is 19.8 Å². The standard InChI is InChI=1S/C13H27N3.ClH/c1-11-8-16(10-13(11)15(2)3)9-12-4-6-14-7-5-12;/h11-14H,4-10H2,1-3H3;1H. The first-order valence-electron chi connectivity index (χ1n) is 6.76. The molecule has 0 aliphatic carbocycles. The topological polar surface area (TPSA) is 18.5 Å². The van der Waals surface area contributed by atoms with Gasteiger partial charge in [0, 0.05) is 25.7 Å². The number of likely N-dealkylation sites (tertiary alicyclic amines) is 1. The van der Waals surface area contributed by atoms with Crippen LogP contribution in [0.25, 0.3) is 0 Å². The van der Waals surface area contributed by atoms with Crippen molar-refractivity contribution in [2.75, 3.05) is 46.8 Å². The Bertz CT molecular complexity index is 217. The van der Waals surface area contributed by atoms with Gasteiger partial charge in [0.05, 0.1) is 0 Å². The van der Waals surface area contributed by atoms with Crippen LogP contribution in [0, 0.1) is 11.8 Å². The normalized spacial score (nSPS) is 31.8. The number of halogens is 1. The van der Waals surface area contributed by atoms with Crippen molar-refractivity contribution in [3.8, 4) is 0 Å². The fraction of sp³-hybridized carbons (Fsp3) is 1.00. The van der Waals surface area contributed by atoms with Crippen LogP contribution in [-0.4, -0.2) is 62.7 Å². The van der Waals surface area contributed by atoms with E-state index in [1.807, 2.05) is 0 Å². The van der Waals surface area contributed by atoms with E-state index >= 15 is 0 Å². The fourth-order valence-electron chi connectivity index (χ4n) is 3.30. The molecule has 3 nitrogen and oxygen atoms in total. The first-order valence-corrected chi connectivity index (χ1v) is 6.76. The molecule has 0 aromatic rings. The fourth-order valence-corrected chi connectivity index (χ4v) is 3.30. The summed E-state index contributed by atoms with van der Waals surface area (Å²) < 4.78 is 0. The Morgan fingerprint density at radius 2 is 1.82 bits per heavy atom. The molecule has 0 amide bonds. The van der Waals surface area contributed by atoms with Gasteiger partial charge in [-0.25, -0.2) is 0 Å². The molecule has 2 saturated heterocycles. The lowest BCUT2D eigenvalue weighted by Gasteiger charge is -2.27. The van der Waals surface area contributed by atoms with Crippen LogP contribution < -0.4 is 5.32 Å². The number of likely N-dealkylation sites (N-methyl/N-ethyl adjacent to an activating group) is 1. The molecule has 102 valence electrons. The summed E-state index contributed by atoms with van der Waals surface area (Å²) in [6, 6.07) is 0.765.